The molecule has 1 unspecified atom stereocenters. The Balaban J connectivity index is 2.07. The molecule has 0 saturated heterocycles. The van der Waals surface area contributed by atoms with E-state index in [0.717, 1.165) is 12.0 Å². The first-order valence-electron chi connectivity index (χ1n) is 6.72. The van der Waals surface area contributed by atoms with Crippen LogP contribution in [0.25, 0.3) is 0 Å². The van der Waals surface area contributed by atoms with Gasteiger partial charge in [0.15, 0.2) is 0 Å². The van der Waals surface area contributed by atoms with Crippen molar-refractivity contribution in [3.05, 3.63) is 58.5 Å². The van der Waals surface area contributed by atoms with E-state index in [0.29, 0.717) is 22.9 Å². The lowest BCUT2D eigenvalue weighted by molar-refractivity contribution is 0.397. The van der Waals surface area contributed by atoms with Gasteiger partial charge in [-0.25, -0.2) is 9.37 Å². The molecular formula is C16H18ClFN2O. The predicted molar refractivity (Wildman–Crippen MR) is 82.5 cm³/mol. The fraction of sp³-hybridized carbons (Fsp3) is 0.312. The number of nitrogens with zero attached hydrogens (tertiary/aromatic N) is 1. The van der Waals surface area contributed by atoms with Gasteiger partial charge in [-0.3, -0.25) is 0 Å². The highest BCUT2D eigenvalue weighted by molar-refractivity contribution is 6.30. The molecule has 2 aromatic rings. The minimum atomic E-state index is -0.229. The Hall–Kier alpha value is -1.65. The van der Waals surface area contributed by atoms with Gasteiger partial charge in [-0.2, -0.15) is 0 Å². The van der Waals surface area contributed by atoms with Gasteiger partial charge in [-0.1, -0.05) is 17.7 Å². The second-order valence-electron chi connectivity index (χ2n) is 4.84. The average molecular weight is 309 g/mol. The fourth-order valence-corrected chi connectivity index (χ4v) is 2.37. The summed E-state index contributed by atoms with van der Waals surface area (Å²) in [6, 6.07) is 8.52. The molecule has 1 aromatic heterocycles. The van der Waals surface area contributed by atoms with Gasteiger partial charge in [0.05, 0.1) is 7.11 Å². The van der Waals surface area contributed by atoms with E-state index in [4.69, 9.17) is 16.3 Å². The average Bonchev–Trinajstić information content (AvgIpc) is 2.51. The molecule has 21 heavy (non-hydrogen) atoms. The predicted octanol–water partition coefficient (Wildman–Crippen LogP) is 3.26. The fourth-order valence-electron chi connectivity index (χ4n) is 2.18. The Morgan fingerprint density at radius 3 is 2.71 bits per heavy atom. The third kappa shape index (κ3) is 4.41. The molecule has 5 heteroatoms. The lowest BCUT2D eigenvalue weighted by Crippen LogP contribution is -2.30. The summed E-state index contributed by atoms with van der Waals surface area (Å²) >= 11 is 5.93. The quantitative estimate of drug-likeness (QED) is 0.889. The number of aromatic nitrogens is 1. The zero-order chi connectivity index (χ0) is 15.2. The summed E-state index contributed by atoms with van der Waals surface area (Å²) in [6.07, 6.45) is 3.09. The molecule has 0 bridgehead atoms. The molecule has 0 amide bonds. The first-order chi connectivity index (χ1) is 10.1. The van der Waals surface area contributed by atoms with Crippen LogP contribution in [0.15, 0.2) is 36.5 Å². The second kappa shape index (κ2) is 7.38. The number of rotatable bonds is 6. The number of benzene rings is 1. The van der Waals surface area contributed by atoms with Crippen molar-refractivity contribution in [2.45, 2.75) is 18.9 Å². The van der Waals surface area contributed by atoms with Gasteiger partial charge in [-0.15, -0.1) is 0 Å². The summed E-state index contributed by atoms with van der Waals surface area (Å²) < 4.78 is 18.8. The number of pyridine rings is 1. The van der Waals surface area contributed by atoms with Gasteiger partial charge < -0.3 is 10.1 Å². The van der Waals surface area contributed by atoms with Crippen LogP contribution in [0.1, 0.15) is 11.1 Å². The first kappa shape index (κ1) is 15.7. The SMILES string of the molecule is CNC(Cc1ccc(OC)nc1)Cc1cc(Cl)ccc1F. The lowest BCUT2D eigenvalue weighted by atomic mass is 9.99. The van der Waals surface area contributed by atoms with Crippen LogP contribution in [-0.2, 0) is 12.8 Å². The monoisotopic (exact) mass is 308 g/mol. The van der Waals surface area contributed by atoms with Gasteiger partial charge in [0, 0.05) is 23.3 Å². The van der Waals surface area contributed by atoms with Crippen molar-refractivity contribution < 1.29 is 9.13 Å². The Kier molecular flexibility index (Phi) is 5.53. The number of hydrogen-bond donors (Lipinski definition) is 1. The highest BCUT2D eigenvalue weighted by Gasteiger charge is 2.12. The van der Waals surface area contributed by atoms with E-state index in [1.165, 1.54) is 6.07 Å². The molecule has 0 fully saturated rings. The van der Waals surface area contributed by atoms with Crippen molar-refractivity contribution in [3.8, 4) is 5.88 Å². The third-order valence-electron chi connectivity index (χ3n) is 3.37. The molecule has 112 valence electrons. The van der Waals surface area contributed by atoms with Crippen molar-refractivity contribution in [3.63, 3.8) is 0 Å². The molecular weight excluding hydrogens is 291 g/mol. The number of halogens is 2. The Labute approximate surface area is 129 Å². The number of methoxy groups -OCH3 is 1. The maximum absolute atomic E-state index is 13.8. The molecule has 1 atom stereocenters. The van der Waals surface area contributed by atoms with Crippen molar-refractivity contribution in [2.24, 2.45) is 0 Å². The van der Waals surface area contributed by atoms with Gasteiger partial charge in [0.25, 0.3) is 0 Å². The Morgan fingerprint density at radius 2 is 2.10 bits per heavy atom. The summed E-state index contributed by atoms with van der Waals surface area (Å²) in [4.78, 5) is 4.18. The van der Waals surface area contributed by atoms with Crippen LogP contribution in [-0.4, -0.2) is 25.2 Å². The zero-order valence-corrected chi connectivity index (χ0v) is 12.8. The van der Waals surface area contributed by atoms with E-state index in [1.807, 2.05) is 19.2 Å². The minimum Gasteiger partial charge on any atom is -0.481 e. The highest BCUT2D eigenvalue weighted by Crippen LogP contribution is 2.18. The Morgan fingerprint density at radius 1 is 1.29 bits per heavy atom. The van der Waals surface area contributed by atoms with Crippen LogP contribution in [0.4, 0.5) is 4.39 Å². The normalized spacial score (nSPS) is 12.2. The topological polar surface area (TPSA) is 34.1 Å². The highest BCUT2D eigenvalue weighted by atomic mass is 35.5. The van der Waals surface area contributed by atoms with Gasteiger partial charge in [-0.05, 0) is 49.2 Å². The molecule has 0 saturated carbocycles. The summed E-state index contributed by atoms with van der Waals surface area (Å²) in [5, 5.41) is 3.75. The van der Waals surface area contributed by atoms with Crippen LogP contribution in [0.5, 0.6) is 5.88 Å². The second-order valence-corrected chi connectivity index (χ2v) is 5.27. The first-order valence-corrected chi connectivity index (χ1v) is 7.10. The van der Waals surface area contributed by atoms with E-state index >= 15 is 0 Å². The summed E-state index contributed by atoms with van der Waals surface area (Å²) in [5.41, 5.74) is 1.68. The maximum atomic E-state index is 13.8. The summed E-state index contributed by atoms with van der Waals surface area (Å²) in [6.45, 7) is 0. The van der Waals surface area contributed by atoms with E-state index in [1.54, 1.807) is 25.4 Å². The molecule has 1 N–H and O–H groups in total. The molecule has 0 aliphatic rings. The smallest absolute Gasteiger partial charge is 0.212 e. The van der Waals surface area contributed by atoms with Crippen molar-refractivity contribution in [1.29, 1.82) is 0 Å². The standard InChI is InChI=1S/C16H18ClFN2O/c1-19-14(7-11-3-6-16(21-2)20-10-11)9-12-8-13(17)4-5-15(12)18/h3-6,8,10,14,19H,7,9H2,1-2H3. The van der Waals surface area contributed by atoms with Crippen LogP contribution >= 0.6 is 11.6 Å². The summed E-state index contributed by atoms with van der Waals surface area (Å²) in [5.74, 6) is 0.355. The van der Waals surface area contributed by atoms with E-state index in [-0.39, 0.29) is 11.9 Å². The molecule has 3 nitrogen and oxygen atoms in total. The molecule has 1 heterocycles. The maximum Gasteiger partial charge on any atom is 0.212 e. The van der Waals surface area contributed by atoms with Crippen molar-refractivity contribution in [2.75, 3.05) is 14.2 Å². The van der Waals surface area contributed by atoms with Crippen LogP contribution in [0.3, 0.4) is 0 Å². The van der Waals surface area contributed by atoms with Crippen molar-refractivity contribution >= 4 is 11.6 Å². The van der Waals surface area contributed by atoms with Crippen molar-refractivity contribution in [1.82, 2.24) is 10.3 Å². The number of nitrogens with one attached hydrogen (secondary N) is 1. The summed E-state index contributed by atoms with van der Waals surface area (Å²) in [7, 11) is 3.45. The van der Waals surface area contributed by atoms with Crippen LogP contribution < -0.4 is 10.1 Å². The minimum absolute atomic E-state index is 0.105. The molecule has 0 aliphatic heterocycles. The molecule has 2 rings (SSSR count). The molecule has 0 aliphatic carbocycles. The van der Waals surface area contributed by atoms with E-state index in [2.05, 4.69) is 10.3 Å². The number of likely N-dealkylation sites (N-methyl/N-ethyl adjacent to an activating group) is 1. The third-order valence-corrected chi connectivity index (χ3v) is 3.61. The zero-order valence-electron chi connectivity index (χ0n) is 12.1. The Bertz CT molecular complexity index is 589. The molecule has 1 aromatic carbocycles. The van der Waals surface area contributed by atoms with Gasteiger partial charge >= 0.3 is 0 Å². The van der Waals surface area contributed by atoms with Gasteiger partial charge in [0.1, 0.15) is 5.82 Å². The van der Waals surface area contributed by atoms with Crippen LogP contribution in [0.2, 0.25) is 5.02 Å². The largest absolute Gasteiger partial charge is 0.481 e. The number of hydrogen-bond acceptors (Lipinski definition) is 3. The van der Waals surface area contributed by atoms with Gasteiger partial charge in [0.2, 0.25) is 5.88 Å². The van der Waals surface area contributed by atoms with E-state index in [9.17, 15) is 4.39 Å². The molecule has 0 radical (unpaired) electrons. The van der Waals surface area contributed by atoms with Crippen LogP contribution in [0, 0.1) is 5.82 Å². The number of ether oxygens (including phenoxy) is 1. The van der Waals surface area contributed by atoms with E-state index < -0.39 is 0 Å². The lowest BCUT2D eigenvalue weighted by Gasteiger charge is -2.17. The molecule has 0 spiro atoms.